The molecule has 1 heterocycles. The van der Waals surface area contributed by atoms with Gasteiger partial charge in [0.25, 0.3) is 0 Å². The van der Waals surface area contributed by atoms with E-state index in [-0.39, 0.29) is 0 Å². The summed E-state index contributed by atoms with van der Waals surface area (Å²) in [5, 5.41) is 0. The minimum Gasteiger partial charge on any atom is -0.260 e. The van der Waals surface area contributed by atoms with Gasteiger partial charge in [-0.1, -0.05) is 84.0 Å². The van der Waals surface area contributed by atoms with E-state index in [1.165, 1.54) is 89.2 Å². The highest BCUT2D eigenvalue weighted by Gasteiger charge is 1.99. The van der Waals surface area contributed by atoms with Crippen molar-refractivity contribution in [2.75, 3.05) is 0 Å². The fraction of sp³-hybridized carbons (Fsp3) is 0.750. The van der Waals surface area contributed by atoms with Crippen LogP contribution < -0.4 is 0 Å². The maximum Gasteiger partial charge on any atom is 0.0545 e. The van der Waals surface area contributed by atoms with Gasteiger partial charge in [0.05, 0.1) is 5.69 Å². The third-order valence-electron chi connectivity index (χ3n) is 4.35. The number of nitrogens with zero attached hydrogens (tertiary/aromatic N) is 1. The summed E-state index contributed by atoms with van der Waals surface area (Å²) in [6.07, 6.45) is 21.4. The summed E-state index contributed by atoms with van der Waals surface area (Å²) in [6, 6.07) is 4.07. The van der Waals surface area contributed by atoms with Crippen molar-refractivity contribution in [2.45, 2.75) is 96.8 Å². The summed E-state index contributed by atoms with van der Waals surface area (Å²) in [5.74, 6) is 0. The predicted molar refractivity (Wildman–Crippen MR) is 101 cm³/mol. The Bertz CT molecular complexity index is 364. The number of unbranched alkanes of at least 4 members (excludes halogenated alkanes) is 12. The number of hydrogen-bond acceptors (Lipinski definition) is 1. The van der Waals surface area contributed by atoms with E-state index in [2.05, 4.69) is 33.9 Å². The molecule has 0 saturated carbocycles. The van der Waals surface area contributed by atoms with Crippen molar-refractivity contribution in [3.8, 4) is 0 Å². The van der Waals surface area contributed by atoms with Crippen LogP contribution in [0.25, 0.3) is 0 Å². The molecule has 1 aromatic rings. The van der Waals surface area contributed by atoms with Crippen LogP contribution in [0.15, 0.2) is 22.8 Å². The summed E-state index contributed by atoms with van der Waals surface area (Å²) in [4.78, 5) is 4.43. The molecule has 1 aromatic heterocycles. The van der Waals surface area contributed by atoms with Crippen LogP contribution >= 0.6 is 15.9 Å². The Morgan fingerprint density at radius 2 is 1.27 bits per heavy atom. The molecule has 1 nitrogen and oxygen atoms in total. The van der Waals surface area contributed by atoms with Gasteiger partial charge in [0.2, 0.25) is 0 Å². The molecule has 0 amide bonds. The van der Waals surface area contributed by atoms with Gasteiger partial charge < -0.3 is 0 Å². The van der Waals surface area contributed by atoms with Crippen LogP contribution in [0.4, 0.5) is 0 Å². The molecule has 0 unspecified atom stereocenters. The Balaban J connectivity index is 1.81. The molecule has 22 heavy (non-hydrogen) atoms. The fourth-order valence-electron chi connectivity index (χ4n) is 2.91. The zero-order chi connectivity index (χ0) is 15.9. The number of hydrogen-bond donors (Lipinski definition) is 0. The average Bonchev–Trinajstić information content (AvgIpc) is 2.53. The highest BCUT2D eigenvalue weighted by molar-refractivity contribution is 9.10. The van der Waals surface area contributed by atoms with Crippen molar-refractivity contribution in [3.63, 3.8) is 0 Å². The Kier molecular flexibility index (Phi) is 12.7. The number of aryl methyl sites for hydroxylation is 1. The van der Waals surface area contributed by atoms with Gasteiger partial charge in [-0.3, -0.25) is 4.98 Å². The molecular formula is C20H34BrN. The predicted octanol–water partition coefficient (Wildman–Crippen LogP) is 7.48. The molecule has 1 rings (SSSR count). The number of aromatic nitrogens is 1. The van der Waals surface area contributed by atoms with E-state index in [0.717, 1.165) is 10.9 Å². The molecule has 0 aliphatic heterocycles. The van der Waals surface area contributed by atoms with Gasteiger partial charge in [0, 0.05) is 10.7 Å². The standard InChI is InChI=1S/C20H34BrN/c1-2-3-4-5-6-7-8-9-10-11-12-13-14-17-20-19(21)16-15-18-22-20/h15-16,18H,2-14,17H2,1H3. The Labute approximate surface area is 146 Å². The van der Waals surface area contributed by atoms with E-state index in [1.807, 2.05) is 12.3 Å². The van der Waals surface area contributed by atoms with Gasteiger partial charge in [-0.05, 0) is 40.9 Å². The molecule has 0 spiro atoms. The smallest absolute Gasteiger partial charge is 0.0545 e. The first-order valence-electron chi connectivity index (χ1n) is 9.44. The summed E-state index contributed by atoms with van der Waals surface area (Å²) in [7, 11) is 0. The minimum absolute atomic E-state index is 1.11. The van der Waals surface area contributed by atoms with Crippen molar-refractivity contribution < 1.29 is 0 Å². The number of halogens is 1. The second-order valence-corrected chi connectivity index (χ2v) is 7.28. The van der Waals surface area contributed by atoms with Crippen molar-refractivity contribution in [1.29, 1.82) is 0 Å². The molecule has 0 aromatic carbocycles. The number of rotatable bonds is 14. The van der Waals surface area contributed by atoms with Crippen LogP contribution in [-0.4, -0.2) is 4.98 Å². The lowest BCUT2D eigenvalue weighted by Gasteiger charge is -2.04. The lowest BCUT2D eigenvalue weighted by molar-refractivity contribution is 0.539. The zero-order valence-electron chi connectivity index (χ0n) is 14.5. The average molecular weight is 368 g/mol. The Hall–Kier alpha value is -0.370. The van der Waals surface area contributed by atoms with Crippen molar-refractivity contribution in [2.24, 2.45) is 0 Å². The van der Waals surface area contributed by atoms with E-state index in [9.17, 15) is 0 Å². The topological polar surface area (TPSA) is 12.9 Å². The van der Waals surface area contributed by atoms with Crippen molar-refractivity contribution in [3.05, 3.63) is 28.5 Å². The van der Waals surface area contributed by atoms with Gasteiger partial charge in [-0.2, -0.15) is 0 Å². The molecule has 0 atom stereocenters. The van der Waals surface area contributed by atoms with E-state index in [1.54, 1.807) is 0 Å². The molecule has 0 radical (unpaired) electrons. The quantitative estimate of drug-likeness (QED) is 0.310. The second-order valence-electron chi connectivity index (χ2n) is 6.42. The molecule has 0 bridgehead atoms. The van der Waals surface area contributed by atoms with Gasteiger partial charge in [-0.25, -0.2) is 0 Å². The SMILES string of the molecule is CCCCCCCCCCCCCCCc1ncccc1Br. The summed E-state index contributed by atoms with van der Waals surface area (Å²) >= 11 is 3.57. The fourth-order valence-corrected chi connectivity index (χ4v) is 3.37. The molecule has 0 fully saturated rings. The third-order valence-corrected chi connectivity index (χ3v) is 5.07. The maximum absolute atomic E-state index is 4.43. The van der Waals surface area contributed by atoms with Crippen LogP contribution in [0.2, 0.25) is 0 Å². The zero-order valence-corrected chi connectivity index (χ0v) is 16.0. The van der Waals surface area contributed by atoms with Crippen molar-refractivity contribution >= 4 is 15.9 Å². The van der Waals surface area contributed by atoms with Gasteiger partial charge in [0.15, 0.2) is 0 Å². The van der Waals surface area contributed by atoms with Crippen LogP contribution in [0.5, 0.6) is 0 Å². The highest BCUT2D eigenvalue weighted by Crippen LogP contribution is 2.17. The second kappa shape index (κ2) is 14.2. The van der Waals surface area contributed by atoms with Crippen LogP contribution in [0, 0.1) is 0 Å². The summed E-state index contributed by atoms with van der Waals surface area (Å²) in [5.41, 5.74) is 1.21. The highest BCUT2D eigenvalue weighted by atomic mass is 79.9. The van der Waals surface area contributed by atoms with E-state index in [4.69, 9.17) is 0 Å². The van der Waals surface area contributed by atoms with Gasteiger partial charge in [-0.15, -0.1) is 0 Å². The first-order valence-corrected chi connectivity index (χ1v) is 10.2. The largest absolute Gasteiger partial charge is 0.260 e. The van der Waals surface area contributed by atoms with Gasteiger partial charge in [0.1, 0.15) is 0 Å². The minimum atomic E-state index is 1.11. The molecule has 0 aliphatic rings. The normalized spacial score (nSPS) is 11.0. The first-order chi connectivity index (χ1) is 10.8. The lowest BCUT2D eigenvalue weighted by Crippen LogP contribution is -1.91. The maximum atomic E-state index is 4.43. The lowest BCUT2D eigenvalue weighted by atomic mass is 10.0. The van der Waals surface area contributed by atoms with Crippen LogP contribution in [-0.2, 0) is 6.42 Å². The Morgan fingerprint density at radius 1 is 0.773 bits per heavy atom. The van der Waals surface area contributed by atoms with Gasteiger partial charge >= 0.3 is 0 Å². The molecule has 0 saturated heterocycles. The van der Waals surface area contributed by atoms with Crippen LogP contribution in [0.3, 0.4) is 0 Å². The molecular weight excluding hydrogens is 334 g/mol. The van der Waals surface area contributed by atoms with E-state index >= 15 is 0 Å². The van der Waals surface area contributed by atoms with E-state index in [0.29, 0.717) is 0 Å². The molecule has 0 N–H and O–H groups in total. The molecule has 2 heteroatoms. The van der Waals surface area contributed by atoms with Crippen LogP contribution in [0.1, 0.15) is 96.1 Å². The summed E-state index contributed by atoms with van der Waals surface area (Å²) < 4.78 is 1.16. The summed E-state index contributed by atoms with van der Waals surface area (Å²) in [6.45, 7) is 2.29. The van der Waals surface area contributed by atoms with E-state index < -0.39 is 0 Å². The monoisotopic (exact) mass is 367 g/mol. The van der Waals surface area contributed by atoms with Crippen molar-refractivity contribution in [1.82, 2.24) is 4.98 Å². The number of pyridine rings is 1. The Morgan fingerprint density at radius 3 is 1.77 bits per heavy atom. The first kappa shape index (κ1) is 19.7. The molecule has 126 valence electrons. The third kappa shape index (κ3) is 10.4. The molecule has 0 aliphatic carbocycles.